The van der Waals surface area contributed by atoms with Gasteiger partial charge in [0.2, 0.25) is 0 Å². The number of amides is 1. The second-order valence-electron chi connectivity index (χ2n) is 5.10. The van der Waals surface area contributed by atoms with E-state index >= 15 is 0 Å². The van der Waals surface area contributed by atoms with Gasteiger partial charge in [0, 0.05) is 10.3 Å². The second kappa shape index (κ2) is 5.91. The molecular formula is C15H18N2O2S. The zero-order valence-corrected chi connectivity index (χ0v) is 12.0. The zero-order valence-electron chi connectivity index (χ0n) is 11.2. The molecule has 1 saturated carbocycles. The molecule has 2 aromatic rings. The lowest BCUT2D eigenvalue weighted by Gasteiger charge is -2.11. The first kappa shape index (κ1) is 13.5. The predicted molar refractivity (Wildman–Crippen MR) is 80.5 cm³/mol. The first-order valence-electron chi connectivity index (χ1n) is 6.92. The van der Waals surface area contributed by atoms with Crippen LogP contribution in [0.3, 0.4) is 0 Å². The lowest BCUT2D eigenvalue weighted by Crippen LogP contribution is -2.30. The summed E-state index contributed by atoms with van der Waals surface area (Å²) in [6.45, 7) is 0.484. The molecule has 20 heavy (non-hydrogen) atoms. The minimum absolute atomic E-state index is 0.240. The number of ether oxygens (including phenoxy) is 1. The molecule has 106 valence electrons. The molecule has 3 N–H and O–H groups in total. The van der Waals surface area contributed by atoms with Crippen molar-refractivity contribution in [2.75, 3.05) is 0 Å². The van der Waals surface area contributed by atoms with Gasteiger partial charge in [-0.05, 0) is 24.3 Å². The fourth-order valence-electron chi connectivity index (χ4n) is 2.75. The third kappa shape index (κ3) is 2.57. The topological polar surface area (TPSA) is 64.3 Å². The summed E-state index contributed by atoms with van der Waals surface area (Å²) in [4.78, 5) is 12.6. The smallest absolute Gasteiger partial charge is 0.275 e. The summed E-state index contributed by atoms with van der Waals surface area (Å²) in [6.07, 6.45) is 5.07. The number of rotatable bonds is 4. The molecule has 1 aliphatic rings. The van der Waals surface area contributed by atoms with E-state index in [1.54, 1.807) is 0 Å². The minimum Gasteiger partial charge on any atom is -0.373 e. The van der Waals surface area contributed by atoms with E-state index in [2.05, 4.69) is 5.43 Å². The fourth-order valence-corrected chi connectivity index (χ4v) is 3.86. The predicted octanol–water partition coefficient (Wildman–Crippen LogP) is 2.96. The number of nitrogens with two attached hydrogens (primary N) is 1. The Hall–Kier alpha value is -1.43. The van der Waals surface area contributed by atoms with Gasteiger partial charge in [-0.1, -0.05) is 31.0 Å². The first-order valence-corrected chi connectivity index (χ1v) is 7.74. The summed E-state index contributed by atoms with van der Waals surface area (Å²) in [5, 5.41) is 1.09. The summed E-state index contributed by atoms with van der Waals surface area (Å²) < 4.78 is 7.07. The van der Waals surface area contributed by atoms with Crippen LogP contribution in [0.1, 0.15) is 40.9 Å². The van der Waals surface area contributed by atoms with Gasteiger partial charge < -0.3 is 4.74 Å². The molecule has 4 nitrogen and oxygen atoms in total. The van der Waals surface area contributed by atoms with E-state index in [0.29, 0.717) is 17.6 Å². The number of hydrogen-bond acceptors (Lipinski definition) is 4. The Bertz CT molecular complexity index is 617. The zero-order chi connectivity index (χ0) is 13.9. The summed E-state index contributed by atoms with van der Waals surface area (Å²) in [5.74, 6) is 5.04. The number of thiophene rings is 1. The van der Waals surface area contributed by atoms with Crippen molar-refractivity contribution in [3.05, 3.63) is 34.7 Å². The molecule has 1 amide bonds. The fraction of sp³-hybridized carbons (Fsp3) is 0.400. The molecule has 0 spiro atoms. The van der Waals surface area contributed by atoms with Gasteiger partial charge in [-0.25, -0.2) is 5.84 Å². The van der Waals surface area contributed by atoms with Gasteiger partial charge >= 0.3 is 0 Å². The lowest BCUT2D eigenvalue weighted by atomic mass is 10.1. The van der Waals surface area contributed by atoms with Gasteiger partial charge in [0.25, 0.3) is 5.91 Å². The summed E-state index contributed by atoms with van der Waals surface area (Å²) in [5.41, 5.74) is 3.19. The number of benzene rings is 1. The van der Waals surface area contributed by atoms with Crippen LogP contribution in [0.25, 0.3) is 10.1 Å². The monoisotopic (exact) mass is 290 g/mol. The molecular weight excluding hydrogens is 272 g/mol. The van der Waals surface area contributed by atoms with Crippen molar-refractivity contribution in [2.24, 2.45) is 5.84 Å². The molecule has 0 radical (unpaired) electrons. The maximum atomic E-state index is 11.9. The van der Waals surface area contributed by atoms with Gasteiger partial charge in [0.05, 0.1) is 17.6 Å². The summed E-state index contributed by atoms with van der Waals surface area (Å²) >= 11 is 1.47. The Morgan fingerprint density at radius 3 is 2.85 bits per heavy atom. The second-order valence-corrected chi connectivity index (χ2v) is 6.15. The lowest BCUT2D eigenvalue weighted by molar-refractivity contribution is 0.0459. The molecule has 5 heteroatoms. The number of carbonyl (C=O) groups is 1. The van der Waals surface area contributed by atoms with Crippen molar-refractivity contribution in [1.29, 1.82) is 0 Å². The van der Waals surface area contributed by atoms with Gasteiger partial charge in [-0.15, -0.1) is 11.3 Å². The molecule has 0 bridgehead atoms. The van der Waals surface area contributed by atoms with Crippen molar-refractivity contribution in [1.82, 2.24) is 5.43 Å². The van der Waals surface area contributed by atoms with Crippen LogP contribution < -0.4 is 11.3 Å². The molecule has 1 heterocycles. The Morgan fingerprint density at radius 1 is 1.35 bits per heavy atom. The number of carbonyl (C=O) groups excluding carboxylic acids is 1. The maximum absolute atomic E-state index is 11.9. The molecule has 1 aliphatic carbocycles. The number of nitrogen functional groups attached to an aromatic ring is 1. The molecule has 0 saturated heterocycles. The van der Waals surface area contributed by atoms with Crippen LogP contribution in [-0.2, 0) is 11.3 Å². The van der Waals surface area contributed by atoms with Gasteiger partial charge in [-0.3, -0.25) is 10.2 Å². The van der Waals surface area contributed by atoms with Crippen molar-refractivity contribution in [3.8, 4) is 0 Å². The Morgan fingerprint density at radius 2 is 2.10 bits per heavy atom. The first-order chi connectivity index (χ1) is 9.79. The van der Waals surface area contributed by atoms with Crippen LogP contribution in [0.15, 0.2) is 24.3 Å². The molecule has 1 fully saturated rings. The number of fused-ring (bicyclic) bond motifs is 1. The van der Waals surface area contributed by atoms with E-state index < -0.39 is 0 Å². The summed E-state index contributed by atoms with van der Waals surface area (Å²) in [6, 6.07) is 8.02. The Balaban J connectivity index is 1.91. The largest absolute Gasteiger partial charge is 0.373 e. The Labute approximate surface area is 121 Å². The average molecular weight is 290 g/mol. The van der Waals surface area contributed by atoms with Gasteiger partial charge in [0.15, 0.2) is 0 Å². The summed E-state index contributed by atoms with van der Waals surface area (Å²) in [7, 11) is 0. The van der Waals surface area contributed by atoms with Crippen LogP contribution >= 0.6 is 11.3 Å². The number of nitrogens with one attached hydrogen (secondary N) is 1. The molecule has 1 aromatic heterocycles. The van der Waals surface area contributed by atoms with Crippen molar-refractivity contribution >= 4 is 27.3 Å². The average Bonchev–Trinajstić information content (AvgIpc) is 3.11. The van der Waals surface area contributed by atoms with Crippen molar-refractivity contribution in [3.63, 3.8) is 0 Å². The van der Waals surface area contributed by atoms with Crippen LogP contribution in [-0.4, -0.2) is 12.0 Å². The van der Waals surface area contributed by atoms with Gasteiger partial charge in [-0.2, -0.15) is 0 Å². The van der Waals surface area contributed by atoms with Crippen molar-refractivity contribution < 1.29 is 9.53 Å². The van der Waals surface area contributed by atoms with Crippen molar-refractivity contribution in [2.45, 2.75) is 38.4 Å². The number of hydrazine groups is 1. The third-order valence-corrected chi connectivity index (χ3v) is 5.01. The molecule has 3 rings (SSSR count). The highest BCUT2D eigenvalue weighted by atomic mass is 32.1. The maximum Gasteiger partial charge on any atom is 0.275 e. The third-order valence-electron chi connectivity index (χ3n) is 3.80. The molecule has 1 aromatic carbocycles. The normalized spacial score (nSPS) is 15.8. The van der Waals surface area contributed by atoms with Crippen LogP contribution in [0, 0.1) is 0 Å². The van der Waals surface area contributed by atoms with E-state index in [4.69, 9.17) is 10.6 Å². The molecule has 0 aliphatic heterocycles. The minimum atomic E-state index is -0.240. The van der Waals surface area contributed by atoms with Gasteiger partial charge in [0.1, 0.15) is 0 Å². The van der Waals surface area contributed by atoms with E-state index in [1.807, 2.05) is 24.3 Å². The van der Waals surface area contributed by atoms with E-state index in [9.17, 15) is 4.79 Å². The highest BCUT2D eigenvalue weighted by molar-refractivity contribution is 7.21. The SMILES string of the molecule is NNC(=O)c1sc2ccccc2c1COC1CCCC1. The van der Waals surface area contributed by atoms with E-state index in [-0.39, 0.29) is 5.91 Å². The highest BCUT2D eigenvalue weighted by Gasteiger charge is 2.20. The quantitative estimate of drug-likeness (QED) is 0.517. The highest BCUT2D eigenvalue weighted by Crippen LogP contribution is 2.33. The Kier molecular flexibility index (Phi) is 4.00. The van der Waals surface area contributed by atoms with Crippen LogP contribution in [0.4, 0.5) is 0 Å². The molecule has 0 atom stereocenters. The van der Waals surface area contributed by atoms with E-state index in [0.717, 1.165) is 28.5 Å². The van der Waals surface area contributed by atoms with Crippen LogP contribution in [0.2, 0.25) is 0 Å². The molecule has 0 unspecified atom stereocenters. The van der Waals surface area contributed by atoms with E-state index in [1.165, 1.54) is 24.2 Å². The van der Waals surface area contributed by atoms with Crippen LogP contribution in [0.5, 0.6) is 0 Å². The standard InChI is InChI=1S/C15H18N2O2S/c16-17-15(18)14-12(9-19-10-5-1-2-6-10)11-7-3-4-8-13(11)20-14/h3-4,7-8,10H,1-2,5-6,9,16H2,(H,17,18). The number of hydrogen-bond donors (Lipinski definition) is 2.